The van der Waals surface area contributed by atoms with Gasteiger partial charge in [0.2, 0.25) is 0 Å². The van der Waals surface area contributed by atoms with Crippen LogP contribution in [0.3, 0.4) is 0 Å². The van der Waals surface area contributed by atoms with E-state index in [0.29, 0.717) is 12.2 Å². The Morgan fingerprint density at radius 3 is 2.76 bits per heavy atom. The highest BCUT2D eigenvalue weighted by Gasteiger charge is 2.14. The molecule has 1 heterocycles. The van der Waals surface area contributed by atoms with E-state index < -0.39 is 11.6 Å². The number of halogens is 2. The van der Waals surface area contributed by atoms with Gasteiger partial charge in [0.05, 0.1) is 5.69 Å². The molecule has 17 heavy (non-hydrogen) atoms. The second-order valence-corrected chi connectivity index (χ2v) is 3.58. The third-order valence-corrected chi connectivity index (χ3v) is 2.30. The van der Waals surface area contributed by atoms with Crippen LogP contribution in [-0.4, -0.2) is 20.2 Å². The molecule has 2 aromatic rings. The van der Waals surface area contributed by atoms with Crippen LogP contribution in [0.2, 0.25) is 0 Å². The molecule has 0 spiro atoms. The van der Waals surface area contributed by atoms with E-state index in [1.807, 2.05) is 6.92 Å². The lowest BCUT2D eigenvalue weighted by Gasteiger charge is -2.06. The highest BCUT2D eigenvalue weighted by Crippen LogP contribution is 2.20. The zero-order chi connectivity index (χ0) is 12.4. The van der Waals surface area contributed by atoms with Crippen LogP contribution < -0.4 is 5.73 Å². The summed E-state index contributed by atoms with van der Waals surface area (Å²) in [6.45, 7) is 1.95. The minimum atomic E-state index is -0.795. The van der Waals surface area contributed by atoms with E-state index in [0.717, 1.165) is 12.5 Å². The van der Waals surface area contributed by atoms with Gasteiger partial charge in [0.25, 0.3) is 0 Å². The number of hydrogen-bond acceptors (Lipinski definition) is 4. The van der Waals surface area contributed by atoms with Crippen molar-refractivity contribution in [3.63, 3.8) is 0 Å². The Bertz CT molecular complexity index is 537. The lowest BCUT2D eigenvalue weighted by atomic mass is 10.2. The molecule has 0 fully saturated rings. The Morgan fingerprint density at radius 1 is 1.29 bits per heavy atom. The van der Waals surface area contributed by atoms with Crippen molar-refractivity contribution in [2.45, 2.75) is 19.8 Å². The number of benzene rings is 1. The number of aryl methyl sites for hydroxylation is 1. The molecule has 1 aromatic heterocycles. The Kier molecular flexibility index (Phi) is 2.99. The van der Waals surface area contributed by atoms with Gasteiger partial charge in [0.1, 0.15) is 11.5 Å². The number of tetrazole rings is 1. The van der Waals surface area contributed by atoms with Gasteiger partial charge in [-0.3, -0.25) is 0 Å². The van der Waals surface area contributed by atoms with E-state index in [9.17, 15) is 8.78 Å². The first-order valence-electron chi connectivity index (χ1n) is 5.15. The van der Waals surface area contributed by atoms with Gasteiger partial charge in [-0.1, -0.05) is 6.92 Å². The van der Waals surface area contributed by atoms with Crippen LogP contribution in [0.4, 0.5) is 14.5 Å². The molecule has 0 saturated heterocycles. The topological polar surface area (TPSA) is 69.6 Å². The molecule has 7 heteroatoms. The maximum atomic E-state index is 13.6. The number of hydrogen-bond donors (Lipinski definition) is 1. The fourth-order valence-electron chi connectivity index (χ4n) is 1.49. The van der Waals surface area contributed by atoms with Crippen molar-refractivity contribution >= 4 is 5.69 Å². The summed E-state index contributed by atoms with van der Waals surface area (Å²) in [6, 6.07) is 1.91. The quantitative estimate of drug-likeness (QED) is 0.823. The number of anilines is 1. The summed E-state index contributed by atoms with van der Waals surface area (Å²) in [5, 5.41) is 10.9. The monoisotopic (exact) mass is 239 g/mol. The lowest BCUT2D eigenvalue weighted by Crippen LogP contribution is -2.07. The summed E-state index contributed by atoms with van der Waals surface area (Å²) < 4.78 is 27.9. The molecule has 0 aliphatic rings. The van der Waals surface area contributed by atoms with Gasteiger partial charge in [0, 0.05) is 12.5 Å². The first-order valence-corrected chi connectivity index (χ1v) is 5.15. The Morgan fingerprint density at radius 2 is 2.06 bits per heavy atom. The summed E-state index contributed by atoms with van der Waals surface area (Å²) in [7, 11) is 0. The second-order valence-electron chi connectivity index (χ2n) is 3.58. The van der Waals surface area contributed by atoms with Crippen molar-refractivity contribution in [1.82, 2.24) is 20.2 Å². The number of aromatic nitrogens is 4. The number of nitrogens with zero attached hydrogens (tertiary/aromatic N) is 4. The molecule has 90 valence electrons. The first kappa shape index (κ1) is 11.4. The Labute approximate surface area is 96.2 Å². The van der Waals surface area contributed by atoms with Gasteiger partial charge in [-0.05, 0) is 22.9 Å². The van der Waals surface area contributed by atoms with E-state index in [1.54, 1.807) is 0 Å². The summed E-state index contributed by atoms with van der Waals surface area (Å²) >= 11 is 0. The fraction of sp³-hybridized carbons (Fsp3) is 0.300. The van der Waals surface area contributed by atoms with Crippen LogP contribution in [0.1, 0.15) is 19.2 Å². The molecule has 0 atom stereocenters. The SMILES string of the molecule is CCCc1nnnn1-c1cc(N)c(F)cc1F. The van der Waals surface area contributed by atoms with Crippen molar-refractivity contribution in [3.8, 4) is 5.69 Å². The highest BCUT2D eigenvalue weighted by atomic mass is 19.1. The van der Waals surface area contributed by atoms with Gasteiger partial charge in [-0.15, -0.1) is 5.10 Å². The van der Waals surface area contributed by atoms with E-state index in [2.05, 4.69) is 15.5 Å². The van der Waals surface area contributed by atoms with Crippen molar-refractivity contribution in [2.24, 2.45) is 0 Å². The summed E-state index contributed by atoms with van der Waals surface area (Å²) in [4.78, 5) is 0. The van der Waals surface area contributed by atoms with Crippen molar-refractivity contribution in [2.75, 3.05) is 5.73 Å². The summed E-state index contributed by atoms with van der Waals surface area (Å²) in [6.07, 6.45) is 1.42. The normalized spacial score (nSPS) is 10.8. The minimum Gasteiger partial charge on any atom is -0.396 e. The molecule has 0 amide bonds. The standard InChI is InChI=1S/C10H11F2N5/c1-2-3-10-14-15-16-17(10)9-5-8(13)6(11)4-7(9)12/h4-5H,2-3,13H2,1H3. The second kappa shape index (κ2) is 4.44. The highest BCUT2D eigenvalue weighted by molar-refractivity contribution is 5.49. The Hall–Kier alpha value is -2.05. The molecule has 0 radical (unpaired) electrons. The molecular weight excluding hydrogens is 228 g/mol. The molecule has 0 saturated carbocycles. The smallest absolute Gasteiger partial charge is 0.156 e. The first-order chi connectivity index (χ1) is 8.13. The molecule has 0 aliphatic carbocycles. The van der Waals surface area contributed by atoms with Crippen LogP contribution in [0.25, 0.3) is 5.69 Å². The van der Waals surface area contributed by atoms with Gasteiger partial charge in [0.15, 0.2) is 11.6 Å². The predicted molar refractivity (Wildman–Crippen MR) is 57.5 cm³/mol. The number of nitrogen functional groups attached to an aromatic ring is 1. The van der Waals surface area contributed by atoms with Gasteiger partial charge in [-0.25, -0.2) is 8.78 Å². The third kappa shape index (κ3) is 2.08. The molecule has 0 unspecified atom stereocenters. The van der Waals surface area contributed by atoms with Crippen molar-refractivity contribution in [1.29, 1.82) is 0 Å². The van der Waals surface area contributed by atoms with Crippen molar-refractivity contribution < 1.29 is 8.78 Å². The van der Waals surface area contributed by atoms with E-state index >= 15 is 0 Å². The average molecular weight is 239 g/mol. The van der Waals surface area contributed by atoms with Gasteiger partial charge >= 0.3 is 0 Å². The molecule has 2 rings (SSSR count). The molecule has 0 aliphatic heterocycles. The van der Waals surface area contributed by atoms with Crippen LogP contribution in [0.5, 0.6) is 0 Å². The Balaban J connectivity index is 2.52. The van der Waals surface area contributed by atoms with E-state index in [4.69, 9.17) is 5.73 Å². The van der Waals surface area contributed by atoms with Crippen molar-refractivity contribution in [3.05, 3.63) is 29.6 Å². The minimum absolute atomic E-state index is 0.0531. The zero-order valence-electron chi connectivity index (χ0n) is 9.19. The van der Waals surface area contributed by atoms with E-state index in [1.165, 1.54) is 10.7 Å². The van der Waals surface area contributed by atoms with Crippen LogP contribution in [-0.2, 0) is 6.42 Å². The molecule has 1 aromatic carbocycles. The lowest BCUT2D eigenvalue weighted by molar-refractivity contribution is 0.571. The fourth-order valence-corrected chi connectivity index (χ4v) is 1.49. The van der Waals surface area contributed by atoms with Gasteiger partial charge < -0.3 is 5.73 Å². The molecular formula is C10H11F2N5. The van der Waals surface area contributed by atoms with Crippen LogP contribution in [0.15, 0.2) is 12.1 Å². The summed E-state index contributed by atoms with van der Waals surface area (Å²) in [5.41, 5.74) is 5.31. The molecule has 5 nitrogen and oxygen atoms in total. The van der Waals surface area contributed by atoms with Crippen LogP contribution in [0, 0.1) is 11.6 Å². The predicted octanol–water partition coefficient (Wildman–Crippen LogP) is 1.48. The van der Waals surface area contributed by atoms with Gasteiger partial charge in [-0.2, -0.15) is 4.68 Å². The average Bonchev–Trinajstić information content (AvgIpc) is 2.72. The largest absolute Gasteiger partial charge is 0.396 e. The van der Waals surface area contributed by atoms with E-state index in [-0.39, 0.29) is 11.4 Å². The molecule has 0 bridgehead atoms. The zero-order valence-corrected chi connectivity index (χ0v) is 9.19. The number of rotatable bonds is 3. The molecule has 2 N–H and O–H groups in total. The maximum absolute atomic E-state index is 13.6. The third-order valence-electron chi connectivity index (χ3n) is 2.30. The maximum Gasteiger partial charge on any atom is 0.156 e. The number of nitrogens with two attached hydrogens (primary N) is 1. The van der Waals surface area contributed by atoms with Crippen LogP contribution >= 0.6 is 0 Å². The summed E-state index contributed by atoms with van der Waals surface area (Å²) in [5.74, 6) is -1.03.